The number of hydrogen-bond donors (Lipinski definition) is 4. The molecule has 0 radical (unpaired) electrons. The molecule has 0 aliphatic heterocycles. The molecule has 0 aliphatic rings. The zero-order chi connectivity index (χ0) is 21.9. The number of aromatic nitrogens is 1. The monoisotopic (exact) mass is 435 g/mol. The summed E-state index contributed by atoms with van der Waals surface area (Å²) in [4.78, 5) is 30.5. The highest BCUT2D eigenvalue weighted by atomic mass is 32.1. The lowest BCUT2D eigenvalue weighted by molar-refractivity contribution is -0.117. The van der Waals surface area contributed by atoms with Gasteiger partial charge in [-0.25, -0.2) is 4.98 Å². The number of anilines is 3. The number of rotatable bonds is 12. The van der Waals surface area contributed by atoms with Crippen molar-refractivity contribution in [3.05, 3.63) is 34.3 Å². The van der Waals surface area contributed by atoms with Crippen LogP contribution in [0, 0.1) is 13.8 Å². The van der Waals surface area contributed by atoms with Crippen LogP contribution in [0.25, 0.3) is 0 Å². The number of carbonyl (C=O) groups excluding carboxylic acids is 2. The van der Waals surface area contributed by atoms with Crippen LogP contribution in [-0.2, 0) is 14.3 Å². The molecule has 0 aliphatic carbocycles. The molecule has 1 aromatic carbocycles. The van der Waals surface area contributed by atoms with Crippen LogP contribution in [0.5, 0.6) is 0 Å². The first-order valence-electron chi connectivity index (χ1n) is 9.67. The third kappa shape index (κ3) is 7.38. The van der Waals surface area contributed by atoms with Gasteiger partial charge in [0, 0.05) is 24.2 Å². The van der Waals surface area contributed by atoms with Crippen LogP contribution in [-0.4, -0.2) is 56.8 Å². The molecule has 1 heterocycles. The lowest BCUT2D eigenvalue weighted by Crippen LogP contribution is -2.20. The van der Waals surface area contributed by atoms with Gasteiger partial charge in [-0.15, -0.1) is 11.3 Å². The third-order valence-electron chi connectivity index (χ3n) is 4.18. The minimum Gasteiger partial charge on any atom is -0.388 e. The molecule has 5 N–H and O–H groups in total. The Morgan fingerprint density at radius 1 is 1.10 bits per heavy atom. The van der Waals surface area contributed by atoms with E-state index in [1.165, 1.54) is 11.3 Å². The Labute approximate surface area is 180 Å². The third-order valence-corrected chi connectivity index (χ3v) is 5.17. The van der Waals surface area contributed by atoms with Crippen molar-refractivity contribution < 1.29 is 19.1 Å². The van der Waals surface area contributed by atoms with Gasteiger partial charge in [-0.05, 0) is 32.0 Å². The first-order chi connectivity index (χ1) is 14.4. The van der Waals surface area contributed by atoms with Crippen molar-refractivity contribution in [2.45, 2.75) is 20.3 Å². The molecule has 0 unspecified atom stereocenters. The van der Waals surface area contributed by atoms with E-state index in [4.69, 9.17) is 15.2 Å². The summed E-state index contributed by atoms with van der Waals surface area (Å²) in [6.07, 6.45) is 0.163. The van der Waals surface area contributed by atoms with Gasteiger partial charge in [-0.3, -0.25) is 14.9 Å². The number of nitrogens with one attached hydrogen (secondary N) is 3. The molecule has 2 aromatic rings. The van der Waals surface area contributed by atoms with Crippen molar-refractivity contribution in [1.82, 2.24) is 4.98 Å². The molecule has 0 fully saturated rings. The maximum atomic E-state index is 12.8. The Kier molecular flexibility index (Phi) is 9.68. The number of amides is 2. The fraction of sp³-hybridized carbons (Fsp3) is 0.450. The minimum atomic E-state index is -0.343. The predicted molar refractivity (Wildman–Crippen MR) is 119 cm³/mol. The molecule has 2 rings (SSSR count). The predicted octanol–water partition coefficient (Wildman–Crippen LogP) is 2.37. The summed E-state index contributed by atoms with van der Waals surface area (Å²) < 4.78 is 10.6. The van der Waals surface area contributed by atoms with E-state index in [0.717, 1.165) is 16.3 Å². The van der Waals surface area contributed by atoms with Gasteiger partial charge in [0.1, 0.15) is 0 Å². The number of ether oxygens (including phenoxy) is 2. The lowest BCUT2D eigenvalue weighted by Gasteiger charge is -2.13. The van der Waals surface area contributed by atoms with E-state index >= 15 is 0 Å². The Morgan fingerprint density at radius 3 is 2.47 bits per heavy atom. The molecular formula is C20H29N5O4S. The van der Waals surface area contributed by atoms with Gasteiger partial charge < -0.3 is 25.8 Å². The number of nitrogens with two attached hydrogens (primary N) is 1. The van der Waals surface area contributed by atoms with Crippen molar-refractivity contribution >= 4 is 39.7 Å². The normalized spacial score (nSPS) is 10.7. The standard InChI is InChI=1S/C20H29N5O4S/c1-13-14(2)30-20(23-13)25-19(27)16-12-15(22-3)4-5-17(16)24-18(26)6-8-28-10-11-29-9-7-21/h4-5,12,22H,6-11,21H2,1-3H3,(H,24,26)(H,23,25,27). The summed E-state index contributed by atoms with van der Waals surface area (Å²) in [5.41, 5.74) is 7.73. The second-order valence-electron chi connectivity index (χ2n) is 6.44. The summed E-state index contributed by atoms with van der Waals surface area (Å²) >= 11 is 1.41. The molecule has 0 bridgehead atoms. The maximum absolute atomic E-state index is 12.8. The van der Waals surface area contributed by atoms with E-state index in [2.05, 4.69) is 20.9 Å². The first kappa shape index (κ1) is 23.7. The van der Waals surface area contributed by atoms with Gasteiger partial charge in [0.25, 0.3) is 5.91 Å². The van der Waals surface area contributed by atoms with Crippen LogP contribution in [0.15, 0.2) is 18.2 Å². The molecule has 0 spiro atoms. The highest BCUT2D eigenvalue weighted by molar-refractivity contribution is 7.15. The van der Waals surface area contributed by atoms with Crippen LogP contribution >= 0.6 is 11.3 Å². The highest BCUT2D eigenvalue weighted by Gasteiger charge is 2.16. The summed E-state index contributed by atoms with van der Waals surface area (Å²) in [5.74, 6) is -0.588. The fourth-order valence-corrected chi connectivity index (χ4v) is 3.28. The average molecular weight is 436 g/mol. The molecule has 1 aromatic heterocycles. The van der Waals surface area contributed by atoms with Gasteiger partial charge in [0.05, 0.1) is 49.8 Å². The van der Waals surface area contributed by atoms with Gasteiger partial charge >= 0.3 is 0 Å². The van der Waals surface area contributed by atoms with Crippen molar-refractivity contribution in [3.8, 4) is 0 Å². The van der Waals surface area contributed by atoms with Crippen LogP contribution in [0.4, 0.5) is 16.5 Å². The number of benzene rings is 1. The number of nitrogens with zero attached hydrogens (tertiary/aromatic N) is 1. The second-order valence-corrected chi connectivity index (χ2v) is 7.64. The summed E-state index contributed by atoms with van der Waals surface area (Å²) in [6.45, 7) is 5.87. The van der Waals surface area contributed by atoms with Crippen LogP contribution < -0.4 is 21.7 Å². The molecule has 0 atom stereocenters. The second kappa shape index (κ2) is 12.2. The largest absolute Gasteiger partial charge is 0.388 e. The van der Waals surface area contributed by atoms with E-state index in [1.807, 2.05) is 13.8 Å². The molecule has 0 saturated heterocycles. The van der Waals surface area contributed by atoms with Crippen molar-refractivity contribution in [3.63, 3.8) is 0 Å². The van der Waals surface area contributed by atoms with Crippen LogP contribution in [0.3, 0.4) is 0 Å². The van der Waals surface area contributed by atoms with E-state index in [-0.39, 0.29) is 24.8 Å². The summed E-state index contributed by atoms with van der Waals surface area (Å²) in [5, 5.41) is 9.11. The lowest BCUT2D eigenvalue weighted by atomic mass is 10.1. The van der Waals surface area contributed by atoms with E-state index in [9.17, 15) is 9.59 Å². The molecule has 164 valence electrons. The van der Waals surface area contributed by atoms with Crippen LogP contribution in [0.1, 0.15) is 27.3 Å². The Bertz CT molecular complexity index is 836. The first-order valence-corrected chi connectivity index (χ1v) is 10.5. The SMILES string of the molecule is CNc1ccc(NC(=O)CCOCCOCCN)c(C(=O)Nc2nc(C)c(C)s2)c1. The van der Waals surface area contributed by atoms with Gasteiger partial charge in [-0.2, -0.15) is 0 Å². The Balaban J connectivity index is 1.96. The van der Waals surface area contributed by atoms with E-state index < -0.39 is 0 Å². The number of carbonyl (C=O) groups is 2. The van der Waals surface area contributed by atoms with Crippen LogP contribution in [0.2, 0.25) is 0 Å². The zero-order valence-corrected chi connectivity index (χ0v) is 18.4. The molecular weight excluding hydrogens is 406 g/mol. The number of thiazole rings is 1. The van der Waals surface area contributed by atoms with E-state index in [0.29, 0.717) is 42.7 Å². The average Bonchev–Trinajstić information content (AvgIpc) is 3.04. The quantitative estimate of drug-likeness (QED) is 0.377. The summed E-state index contributed by atoms with van der Waals surface area (Å²) in [6, 6.07) is 5.16. The molecule has 0 saturated carbocycles. The van der Waals surface area contributed by atoms with E-state index in [1.54, 1.807) is 25.2 Å². The molecule has 9 nitrogen and oxygen atoms in total. The van der Waals surface area contributed by atoms with Gasteiger partial charge in [-0.1, -0.05) is 0 Å². The van der Waals surface area contributed by atoms with Crippen molar-refractivity contribution in [2.75, 3.05) is 56.0 Å². The van der Waals surface area contributed by atoms with Crippen molar-refractivity contribution in [1.29, 1.82) is 0 Å². The Morgan fingerprint density at radius 2 is 1.83 bits per heavy atom. The summed E-state index contributed by atoms with van der Waals surface area (Å²) in [7, 11) is 1.76. The zero-order valence-electron chi connectivity index (χ0n) is 17.5. The fourth-order valence-electron chi connectivity index (χ4n) is 2.47. The van der Waals surface area contributed by atoms with Gasteiger partial charge in [0.15, 0.2) is 5.13 Å². The maximum Gasteiger partial charge on any atom is 0.259 e. The van der Waals surface area contributed by atoms with Crippen molar-refractivity contribution in [2.24, 2.45) is 5.73 Å². The minimum absolute atomic E-state index is 0.163. The molecule has 30 heavy (non-hydrogen) atoms. The molecule has 2 amide bonds. The Hall–Kier alpha value is -2.53. The number of hydrogen-bond acceptors (Lipinski definition) is 8. The highest BCUT2D eigenvalue weighted by Crippen LogP contribution is 2.25. The number of aryl methyl sites for hydroxylation is 2. The smallest absolute Gasteiger partial charge is 0.259 e. The topological polar surface area (TPSA) is 128 Å². The van der Waals surface area contributed by atoms with Gasteiger partial charge in [0.2, 0.25) is 5.91 Å². The molecule has 10 heteroatoms.